The number of fused-ring (bicyclic) bond motifs is 1. The van der Waals surface area contributed by atoms with Crippen LogP contribution in [0.5, 0.6) is 17.2 Å². The maximum atomic E-state index is 14.0. The third-order valence-corrected chi connectivity index (χ3v) is 5.49. The van der Waals surface area contributed by atoms with Crippen LogP contribution in [0.2, 0.25) is 0 Å². The molecule has 8 heteroatoms. The molecule has 1 aromatic heterocycles. The minimum Gasteiger partial charge on any atom is -0.507 e. The number of halogens is 3. The SMILES string of the molecule is Cc1cc(C)cc(Oc2c(C(F)(F)F)oc3c(CN(C)Cc4ccccc4)c(O)ccc3c2=O)c1. The van der Waals surface area contributed by atoms with E-state index in [0.29, 0.717) is 6.54 Å². The van der Waals surface area contributed by atoms with Crippen molar-refractivity contribution in [1.29, 1.82) is 0 Å². The number of aromatic hydroxyl groups is 1. The van der Waals surface area contributed by atoms with E-state index in [1.54, 1.807) is 25.8 Å². The summed E-state index contributed by atoms with van der Waals surface area (Å²) in [5.41, 5.74) is 1.32. The fraction of sp³-hybridized carbons (Fsp3) is 0.222. The maximum Gasteiger partial charge on any atom is 0.453 e. The van der Waals surface area contributed by atoms with E-state index in [2.05, 4.69) is 0 Å². The first-order valence-corrected chi connectivity index (χ1v) is 10.9. The van der Waals surface area contributed by atoms with E-state index in [9.17, 15) is 23.1 Å². The smallest absolute Gasteiger partial charge is 0.453 e. The quantitative estimate of drug-likeness (QED) is 0.337. The summed E-state index contributed by atoms with van der Waals surface area (Å²) in [5.74, 6) is -2.66. The number of hydrogen-bond donors (Lipinski definition) is 1. The van der Waals surface area contributed by atoms with Crippen molar-refractivity contribution in [2.45, 2.75) is 33.1 Å². The lowest BCUT2D eigenvalue weighted by Crippen LogP contribution is -2.19. The van der Waals surface area contributed by atoms with Crippen molar-refractivity contribution in [3.05, 3.63) is 98.9 Å². The topological polar surface area (TPSA) is 62.9 Å². The van der Waals surface area contributed by atoms with E-state index in [0.717, 1.165) is 16.7 Å². The predicted octanol–water partition coefficient (Wildman–Crippen LogP) is 6.56. The molecule has 0 aliphatic carbocycles. The van der Waals surface area contributed by atoms with Gasteiger partial charge in [-0.25, -0.2) is 0 Å². The van der Waals surface area contributed by atoms with Gasteiger partial charge in [0.15, 0.2) is 0 Å². The highest BCUT2D eigenvalue weighted by Crippen LogP contribution is 2.40. The van der Waals surface area contributed by atoms with Gasteiger partial charge in [-0.15, -0.1) is 0 Å². The van der Waals surface area contributed by atoms with Crippen molar-refractivity contribution in [1.82, 2.24) is 4.90 Å². The molecule has 0 fully saturated rings. The summed E-state index contributed by atoms with van der Waals surface area (Å²) in [6.07, 6.45) is -5.00. The van der Waals surface area contributed by atoms with Crippen molar-refractivity contribution in [3.8, 4) is 17.2 Å². The van der Waals surface area contributed by atoms with Gasteiger partial charge in [0, 0.05) is 13.1 Å². The van der Waals surface area contributed by atoms with E-state index < -0.39 is 23.1 Å². The molecule has 0 bridgehead atoms. The average molecular weight is 483 g/mol. The summed E-state index contributed by atoms with van der Waals surface area (Å²) in [7, 11) is 1.76. The second kappa shape index (κ2) is 9.46. The molecule has 0 atom stereocenters. The highest BCUT2D eigenvalue weighted by molar-refractivity contribution is 5.83. The van der Waals surface area contributed by atoms with Gasteiger partial charge in [0.25, 0.3) is 5.76 Å². The number of aryl methyl sites for hydroxylation is 2. The fourth-order valence-electron chi connectivity index (χ4n) is 4.05. The van der Waals surface area contributed by atoms with Crippen molar-refractivity contribution in [2.24, 2.45) is 0 Å². The van der Waals surface area contributed by atoms with Crippen LogP contribution >= 0.6 is 0 Å². The number of benzene rings is 3. The highest BCUT2D eigenvalue weighted by atomic mass is 19.4. The lowest BCUT2D eigenvalue weighted by Gasteiger charge is -2.19. The lowest BCUT2D eigenvalue weighted by atomic mass is 10.1. The first-order chi connectivity index (χ1) is 16.5. The molecule has 0 aliphatic heterocycles. The molecule has 0 aliphatic rings. The standard InChI is InChI=1S/C27H24F3NO4/c1-16-11-17(2)13-19(12-16)34-25-23(33)20-9-10-22(32)21(24(20)35-26(25)27(28,29)30)15-31(3)14-18-7-5-4-6-8-18/h4-13,32H,14-15H2,1-3H3. The summed E-state index contributed by atoms with van der Waals surface area (Å²) in [6, 6.07) is 16.9. The second-order valence-electron chi connectivity index (χ2n) is 8.61. The lowest BCUT2D eigenvalue weighted by molar-refractivity contribution is -0.154. The van der Waals surface area contributed by atoms with Crippen LogP contribution in [0.3, 0.4) is 0 Å². The summed E-state index contributed by atoms with van der Waals surface area (Å²) in [5, 5.41) is 10.4. The Balaban J connectivity index is 1.82. The zero-order valence-electron chi connectivity index (χ0n) is 19.4. The average Bonchev–Trinajstić information content (AvgIpc) is 2.76. The van der Waals surface area contributed by atoms with E-state index in [1.165, 1.54) is 24.3 Å². The van der Waals surface area contributed by atoms with Crippen LogP contribution in [-0.2, 0) is 19.3 Å². The minimum atomic E-state index is -5.00. The number of nitrogens with zero attached hydrogens (tertiary/aromatic N) is 1. The molecule has 0 saturated carbocycles. The molecule has 0 unspecified atom stereocenters. The van der Waals surface area contributed by atoms with Gasteiger partial charge in [-0.2, -0.15) is 13.2 Å². The Hall–Kier alpha value is -3.78. The van der Waals surface area contributed by atoms with Crippen molar-refractivity contribution < 1.29 is 27.4 Å². The Kier molecular flexibility index (Phi) is 6.58. The summed E-state index contributed by atoms with van der Waals surface area (Å²) < 4.78 is 52.8. The summed E-state index contributed by atoms with van der Waals surface area (Å²) in [4.78, 5) is 15.0. The van der Waals surface area contributed by atoms with Crippen LogP contribution < -0.4 is 10.2 Å². The van der Waals surface area contributed by atoms with Crippen LogP contribution in [-0.4, -0.2) is 17.1 Å². The number of ether oxygens (including phenoxy) is 1. The maximum absolute atomic E-state index is 14.0. The van der Waals surface area contributed by atoms with Gasteiger partial charge < -0.3 is 14.3 Å². The molecule has 4 rings (SSSR count). The second-order valence-corrected chi connectivity index (χ2v) is 8.61. The number of phenols is 1. The molecule has 35 heavy (non-hydrogen) atoms. The van der Waals surface area contributed by atoms with E-state index >= 15 is 0 Å². The first-order valence-electron chi connectivity index (χ1n) is 10.9. The molecule has 1 N–H and O–H groups in total. The van der Waals surface area contributed by atoms with Gasteiger partial charge in [0.05, 0.1) is 10.9 Å². The normalized spacial score (nSPS) is 11.9. The van der Waals surface area contributed by atoms with Gasteiger partial charge in [-0.3, -0.25) is 9.69 Å². The Labute approximate surface area is 200 Å². The van der Waals surface area contributed by atoms with Gasteiger partial charge >= 0.3 is 6.18 Å². The van der Waals surface area contributed by atoms with Crippen LogP contribution in [0, 0.1) is 13.8 Å². The third-order valence-electron chi connectivity index (χ3n) is 5.49. The molecule has 5 nitrogen and oxygen atoms in total. The van der Waals surface area contributed by atoms with E-state index in [1.807, 2.05) is 36.4 Å². The zero-order valence-corrected chi connectivity index (χ0v) is 19.4. The molecule has 182 valence electrons. The number of alkyl halides is 3. The Morgan fingerprint density at radius 3 is 2.26 bits per heavy atom. The van der Waals surface area contributed by atoms with Gasteiger partial charge in [-0.1, -0.05) is 36.4 Å². The molecule has 0 amide bonds. The molecule has 3 aromatic carbocycles. The van der Waals surface area contributed by atoms with Gasteiger partial charge in [0.1, 0.15) is 17.1 Å². The molecule has 0 spiro atoms. The predicted molar refractivity (Wildman–Crippen MR) is 127 cm³/mol. The van der Waals surface area contributed by atoms with E-state index in [4.69, 9.17) is 9.15 Å². The number of rotatable bonds is 6. The molecular weight excluding hydrogens is 459 g/mol. The van der Waals surface area contributed by atoms with Crippen molar-refractivity contribution in [2.75, 3.05) is 7.05 Å². The zero-order chi connectivity index (χ0) is 25.3. The highest BCUT2D eigenvalue weighted by Gasteiger charge is 2.41. The Bertz CT molecular complexity index is 1410. The Morgan fingerprint density at radius 1 is 0.971 bits per heavy atom. The fourth-order valence-corrected chi connectivity index (χ4v) is 4.05. The van der Waals surface area contributed by atoms with Crippen LogP contribution in [0.25, 0.3) is 11.0 Å². The minimum absolute atomic E-state index is 0.0512. The van der Waals surface area contributed by atoms with Crippen molar-refractivity contribution >= 4 is 11.0 Å². The molecule has 1 heterocycles. The van der Waals surface area contributed by atoms with Crippen LogP contribution in [0.4, 0.5) is 13.2 Å². The molecule has 4 aromatic rings. The first kappa shape index (κ1) is 24.3. The largest absolute Gasteiger partial charge is 0.507 e. The molecular formula is C27H24F3NO4. The van der Waals surface area contributed by atoms with Gasteiger partial charge in [-0.05, 0) is 61.9 Å². The number of hydrogen-bond acceptors (Lipinski definition) is 5. The molecule has 0 saturated heterocycles. The summed E-state index contributed by atoms with van der Waals surface area (Å²) >= 11 is 0. The van der Waals surface area contributed by atoms with Crippen molar-refractivity contribution in [3.63, 3.8) is 0 Å². The number of phenolic OH excluding ortho intramolecular Hbond substituents is 1. The van der Waals surface area contributed by atoms with Gasteiger partial charge in [0.2, 0.25) is 11.2 Å². The van der Waals surface area contributed by atoms with Crippen LogP contribution in [0.1, 0.15) is 28.0 Å². The van der Waals surface area contributed by atoms with E-state index in [-0.39, 0.29) is 34.6 Å². The Morgan fingerprint density at radius 2 is 1.63 bits per heavy atom. The monoisotopic (exact) mass is 483 g/mol. The summed E-state index contributed by atoms with van der Waals surface area (Å²) in [6.45, 7) is 4.07. The molecule has 0 radical (unpaired) electrons. The third kappa shape index (κ3) is 5.33. The van der Waals surface area contributed by atoms with Crippen LogP contribution in [0.15, 0.2) is 69.9 Å².